The lowest BCUT2D eigenvalue weighted by Gasteiger charge is -2.26. The number of rotatable bonds is 3. The van der Waals surface area contributed by atoms with Crippen molar-refractivity contribution in [3.63, 3.8) is 0 Å². The van der Waals surface area contributed by atoms with Crippen molar-refractivity contribution in [3.05, 3.63) is 34.6 Å². The molecule has 0 fully saturated rings. The lowest BCUT2D eigenvalue weighted by Crippen LogP contribution is -2.21. The Morgan fingerprint density at radius 1 is 1.38 bits per heavy atom. The van der Waals surface area contributed by atoms with Gasteiger partial charge < -0.3 is 20.1 Å². The second kappa shape index (κ2) is 6.20. The van der Waals surface area contributed by atoms with E-state index in [1.807, 2.05) is 12.1 Å². The molecule has 0 aliphatic carbocycles. The molecule has 0 radical (unpaired) electrons. The first kappa shape index (κ1) is 16.4. The van der Waals surface area contributed by atoms with E-state index in [2.05, 4.69) is 29.5 Å². The van der Waals surface area contributed by atoms with Crippen LogP contribution in [0.1, 0.15) is 35.7 Å². The van der Waals surface area contributed by atoms with Crippen molar-refractivity contribution in [3.8, 4) is 17.2 Å². The molecule has 24 heavy (non-hydrogen) atoms. The quantitative estimate of drug-likeness (QED) is 0.698. The number of carbonyl (C=O) groups is 1. The number of pyridine rings is 1. The number of ether oxygens (including phenoxy) is 2. The van der Waals surface area contributed by atoms with Gasteiger partial charge in [-0.1, -0.05) is 25.4 Å². The SMILES string of the molecule is CNC(=O)c1cnc(Cl)c2c1Nc1c(OC)cc(C(C)C)cc1O2. The molecule has 7 heteroatoms. The number of amides is 1. The molecule has 1 aliphatic heterocycles. The Kier molecular flexibility index (Phi) is 4.24. The summed E-state index contributed by atoms with van der Waals surface area (Å²) >= 11 is 6.17. The van der Waals surface area contributed by atoms with Crippen LogP contribution in [0.5, 0.6) is 17.2 Å². The summed E-state index contributed by atoms with van der Waals surface area (Å²) in [6.07, 6.45) is 1.41. The number of anilines is 2. The Morgan fingerprint density at radius 2 is 2.12 bits per heavy atom. The zero-order valence-electron chi connectivity index (χ0n) is 13.9. The van der Waals surface area contributed by atoms with Gasteiger partial charge in [0.05, 0.1) is 18.4 Å². The van der Waals surface area contributed by atoms with Crippen molar-refractivity contribution < 1.29 is 14.3 Å². The van der Waals surface area contributed by atoms with Gasteiger partial charge in [-0.2, -0.15) is 0 Å². The van der Waals surface area contributed by atoms with Gasteiger partial charge in [-0.3, -0.25) is 4.79 Å². The minimum Gasteiger partial charge on any atom is -0.494 e. The van der Waals surface area contributed by atoms with Gasteiger partial charge in [0.1, 0.15) is 11.4 Å². The molecule has 0 atom stereocenters. The fraction of sp³-hybridized carbons (Fsp3) is 0.294. The minimum absolute atomic E-state index is 0.185. The van der Waals surface area contributed by atoms with Crippen molar-refractivity contribution in [2.75, 3.05) is 19.5 Å². The van der Waals surface area contributed by atoms with Crippen molar-refractivity contribution in [2.24, 2.45) is 0 Å². The molecule has 1 aromatic carbocycles. The monoisotopic (exact) mass is 347 g/mol. The molecule has 126 valence electrons. The van der Waals surface area contributed by atoms with Crippen LogP contribution in [0.4, 0.5) is 11.4 Å². The highest BCUT2D eigenvalue weighted by molar-refractivity contribution is 6.31. The molecule has 2 N–H and O–H groups in total. The van der Waals surface area contributed by atoms with Gasteiger partial charge in [0.25, 0.3) is 5.91 Å². The molecule has 3 rings (SSSR count). The predicted octanol–water partition coefficient (Wildman–Crippen LogP) is 4.08. The van der Waals surface area contributed by atoms with Crippen molar-refractivity contribution >= 4 is 28.9 Å². The van der Waals surface area contributed by atoms with Crippen LogP contribution in [0.3, 0.4) is 0 Å². The lowest BCUT2D eigenvalue weighted by molar-refractivity contribution is 0.0963. The van der Waals surface area contributed by atoms with Gasteiger partial charge >= 0.3 is 0 Å². The van der Waals surface area contributed by atoms with Crippen LogP contribution >= 0.6 is 11.6 Å². The van der Waals surface area contributed by atoms with Gasteiger partial charge in [0, 0.05) is 13.2 Å². The molecule has 0 spiro atoms. The summed E-state index contributed by atoms with van der Waals surface area (Å²) in [4.78, 5) is 16.1. The minimum atomic E-state index is -0.285. The van der Waals surface area contributed by atoms with Crippen molar-refractivity contribution in [1.29, 1.82) is 0 Å². The summed E-state index contributed by atoms with van der Waals surface area (Å²) in [7, 11) is 3.15. The largest absolute Gasteiger partial charge is 0.494 e. The van der Waals surface area contributed by atoms with E-state index in [0.717, 1.165) is 5.56 Å². The molecule has 0 bridgehead atoms. The fourth-order valence-corrected chi connectivity index (χ4v) is 2.72. The van der Waals surface area contributed by atoms with Crippen molar-refractivity contribution in [2.45, 2.75) is 19.8 Å². The summed E-state index contributed by atoms with van der Waals surface area (Å²) < 4.78 is 11.4. The predicted molar refractivity (Wildman–Crippen MR) is 93.1 cm³/mol. The number of methoxy groups -OCH3 is 1. The number of aromatic nitrogens is 1. The maximum Gasteiger partial charge on any atom is 0.254 e. The molecule has 1 aliphatic rings. The van der Waals surface area contributed by atoms with Crippen LogP contribution in [0, 0.1) is 0 Å². The molecule has 0 saturated heterocycles. The van der Waals surface area contributed by atoms with Crippen LogP contribution in [0.15, 0.2) is 18.3 Å². The third-order valence-electron chi connectivity index (χ3n) is 3.90. The average molecular weight is 348 g/mol. The second-order valence-corrected chi connectivity index (χ2v) is 6.08. The van der Waals surface area contributed by atoms with Gasteiger partial charge in [-0.15, -0.1) is 0 Å². The summed E-state index contributed by atoms with van der Waals surface area (Å²) in [5.74, 6) is 1.57. The highest BCUT2D eigenvalue weighted by Gasteiger charge is 2.28. The van der Waals surface area contributed by atoms with Gasteiger partial charge in [0.15, 0.2) is 16.7 Å². The van der Waals surface area contributed by atoms with E-state index in [-0.39, 0.29) is 11.1 Å². The summed E-state index contributed by atoms with van der Waals surface area (Å²) in [5, 5.41) is 5.98. The van der Waals surface area contributed by atoms with Gasteiger partial charge in [-0.05, 0) is 23.6 Å². The zero-order valence-corrected chi connectivity index (χ0v) is 14.6. The van der Waals surface area contributed by atoms with Crippen molar-refractivity contribution in [1.82, 2.24) is 10.3 Å². The Morgan fingerprint density at radius 3 is 2.75 bits per heavy atom. The van der Waals surface area contributed by atoms with Crippen LogP contribution in [0.2, 0.25) is 5.15 Å². The molecule has 0 unspecified atom stereocenters. The van der Waals surface area contributed by atoms with Crippen LogP contribution in [-0.2, 0) is 0 Å². The number of benzene rings is 1. The first-order chi connectivity index (χ1) is 11.5. The number of fused-ring (bicyclic) bond motifs is 2. The van der Waals surface area contributed by atoms with E-state index < -0.39 is 0 Å². The lowest BCUT2D eigenvalue weighted by atomic mass is 10.0. The summed E-state index contributed by atoms with van der Waals surface area (Å²) in [5.41, 5.74) is 2.54. The maximum absolute atomic E-state index is 12.1. The summed E-state index contributed by atoms with van der Waals surface area (Å²) in [6, 6.07) is 3.88. The third kappa shape index (κ3) is 2.63. The Labute approximate surface area is 145 Å². The van der Waals surface area contributed by atoms with Gasteiger partial charge in [-0.25, -0.2) is 4.98 Å². The molecule has 6 nitrogen and oxygen atoms in total. The number of carbonyl (C=O) groups excluding carboxylic acids is 1. The molecule has 1 aromatic heterocycles. The maximum atomic E-state index is 12.1. The van der Waals surface area contributed by atoms with E-state index in [1.54, 1.807) is 14.2 Å². The standard InChI is InChI=1S/C17H18ClN3O3/c1-8(2)9-5-11(23-4)14-12(6-9)24-15-13(21-14)10(17(22)19-3)7-20-16(15)18/h5-8,21H,1-4H3,(H,19,22). The molecular formula is C17H18ClN3O3. The van der Waals surface area contributed by atoms with E-state index in [0.29, 0.717) is 40.1 Å². The zero-order chi connectivity index (χ0) is 17.4. The van der Waals surface area contributed by atoms with Crippen LogP contribution < -0.4 is 20.1 Å². The second-order valence-electron chi connectivity index (χ2n) is 5.72. The molecule has 1 amide bonds. The normalized spacial score (nSPS) is 11.9. The number of nitrogens with zero attached hydrogens (tertiary/aromatic N) is 1. The number of hydrogen-bond acceptors (Lipinski definition) is 5. The van der Waals surface area contributed by atoms with Gasteiger partial charge in [0.2, 0.25) is 0 Å². The first-order valence-electron chi connectivity index (χ1n) is 7.53. The number of halogens is 1. The molecule has 2 heterocycles. The molecule has 0 saturated carbocycles. The van der Waals surface area contributed by atoms with E-state index >= 15 is 0 Å². The number of nitrogens with one attached hydrogen (secondary N) is 2. The third-order valence-corrected chi connectivity index (χ3v) is 4.17. The smallest absolute Gasteiger partial charge is 0.254 e. The van der Waals surface area contributed by atoms with Crippen LogP contribution in [0.25, 0.3) is 0 Å². The van der Waals surface area contributed by atoms with E-state index in [9.17, 15) is 4.79 Å². The first-order valence-corrected chi connectivity index (χ1v) is 7.91. The Balaban J connectivity index is 2.17. The number of hydrogen-bond donors (Lipinski definition) is 2. The fourth-order valence-electron chi connectivity index (χ4n) is 2.54. The van der Waals surface area contributed by atoms with Crippen LogP contribution in [-0.4, -0.2) is 25.0 Å². The topological polar surface area (TPSA) is 72.5 Å². The molecule has 2 aromatic rings. The Hall–Kier alpha value is -2.47. The highest BCUT2D eigenvalue weighted by Crippen LogP contribution is 2.50. The highest BCUT2D eigenvalue weighted by atomic mass is 35.5. The Bertz CT molecular complexity index is 821. The van der Waals surface area contributed by atoms with E-state index in [1.165, 1.54) is 6.20 Å². The average Bonchev–Trinajstić information content (AvgIpc) is 2.59. The summed E-state index contributed by atoms with van der Waals surface area (Å²) in [6.45, 7) is 4.17. The van der Waals surface area contributed by atoms with E-state index in [4.69, 9.17) is 21.1 Å². The molecular weight excluding hydrogens is 330 g/mol.